The van der Waals surface area contributed by atoms with Gasteiger partial charge in [0.2, 0.25) is 0 Å². The molecule has 40 valence electrons. The van der Waals surface area contributed by atoms with Crippen molar-refractivity contribution >= 4 is 31.6 Å². The zero-order chi connectivity index (χ0) is 5.70. The predicted octanol–water partition coefficient (Wildman–Crippen LogP) is 2.39. The zero-order valence-electron chi connectivity index (χ0n) is 4.66. The van der Waals surface area contributed by atoms with E-state index in [-0.39, 0.29) is 18.9 Å². The summed E-state index contributed by atoms with van der Waals surface area (Å²) in [5.74, 6) is 0. The summed E-state index contributed by atoms with van der Waals surface area (Å²) in [4.78, 5) is 0. The second kappa shape index (κ2) is 5.16. The number of hydrogen-bond donors (Lipinski definition) is 0. The van der Waals surface area contributed by atoms with Crippen LogP contribution in [0, 0.1) is 0 Å². The molecule has 0 nitrogen and oxygen atoms in total. The van der Waals surface area contributed by atoms with Gasteiger partial charge in [-0.1, -0.05) is 0 Å². The Balaban J connectivity index is 3.08. The van der Waals surface area contributed by atoms with Crippen LogP contribution >= 0.6 is 12.7 Å². The average molecular weight is 268 g/mol. The van der Waals surface area contributed by atoms with Crippen LogP contribution in [0.4, 0.5) is 0 Å². The van der Waals surface area contributed by atoms with E-state index in [9.17, 15) is 0 Å². The third-order valence-corrected chi connectivity index (χ3v) is 3.78. The van der Waals surface area contributed by atoms with Crippen LogP contribution in [0.3, 0.4) is 0 Å². The van der Waals surface area contributed by atoms with Gasteiger partial charge in [-0.2, -0.15) is 0 Å². The molecule has 0 aromatic rings. The third-order valence-electron chi connectivity index (χ3n) is 0.587. The average Bonchev–Trinajstić information content (AvgIpc) is 1.61. The molecule has 0 aliphatic carbocycles. The van der Waals surface area contributed by atoms with E-state index < -0.39 is 0 Å². The standard InChI is InChI=1S/C5H9.BrH.Sn/c1-4-5(2)3;;/h4H,1H2,2-3H3;1H;/q;;+1/p-1. The van der Waals surface area contributed by atoms with Gasteiger partial charge in [0.05, 0.1) is 0 Å². The molecule has 0 N–H and O–H groups in total. The first-order valence-corrected chi connectivity index (χ1v) is 10.7. The van der Waals surface area contributed by atoms with E-state index in [1.54, 1.807) is 0 Å². The molecule has 0 fully saturated rings. The summed E-state index contributed by atoms with van der Waals surface area (Å²) >= 11 is 3.39. The maximum absolute atomic E-state index is 3.50. The molecule has 0 aromatic carbocycles. The van der Waals surface area contributed by atoms with Crippen molar-refractivity contribution in [1.82, 2.24) is 0 Å². The van der Waals surface area contributed by atoms with Crippen molar-refractivity contribution in [2.75, 3.05) is 0 Å². The Kier molecular flexibility index (Phi) is 5.91. The molecule has 0 bridgehead atoms. The molecule has 0 saturated heterocycles. The van der Waals surface area contributed by atoms with E-state index in [1.165, 1.54) is 10.0 Å². The monoisotopic (exact) mass is 268 g/mol. The van der Waals surface area contributed by atoms with Crippen LogP contribution in [0.25, 0.3) is 0 Å². The van der Waals surface area contributed by atoms with E-state index in [2.05, 4.69) is 32.6 Å². The number of hydrogen-bond acceptors (Lipinski definition) is 0. The maximum atomic E-state index is 3.50. The van der Waals surface area contributed by atoms with Crippen LogP contribution in [0.5, 0.6) is 0 Å². The topological polar surface area (TPSA) is 0 Å². The van der Waals surface area contributed by atoms with Gasteiger partial charge in [-0.15, -0.1) is 0 Å². The van der Waals surface area contributed by atoms with Gasteiger partial charge in [0.25, 0.3) is 0 Å². The van der Waals surface area contributed by atoms with E-state index in [0.29, 0.717) is 0 Å². The molecule has 0 heterocycles. The summed E-state index contributed by atoms with van der Waals surface area (Å²) in [7, 11) is 0. The second-order valence-electron chi connectivity index (χ2n) is 1.62. The molecule has 2 heteroatoms. The van der Waals surface area contributed by atoms with Crippen LogP contribution < -0.4 is 0 Å². The molecule has 7 heavy (non-hydrogen) atoms. The molecule has 0 aliphatic rings. The second-order valence-corrected chi connectivity index (χ2v) is 7.31. The minimum atomic E-state index is -0.111. The normalized spacial score (nSPS) is 8.43. The summed E-state index contributed by atoms with van der Waals surface area (Å²) in [6, 6.07) is 0. The Hall–Kier alpha value is 1.02. The van der Waals surface area contributed by atoms with Crippen LogP contribution in [0.1, 0.15) is 13.8 Å². The van der Waals surface area contributed by atoms with E-state index >= 15 is 0 Å². The van der Waals surface area contributed by atoms with Crippen LogP contribution in [0.15, 0.2) is 11.6 Å². The Morgan fingerprint density at radius 1 is 1.71 bits per heavy atom. The van der Waals surface area contributed by atoms with Crippen molar-refractivity contribution in [3.8, 4) is 0 Å². The van der Waals surface area contributed by atoms with Crippen LogP contribution in [-0.2, 0) is 0 Å². The Labute approximate surface area is 61.4 Å². The molecule has 0 saturated carbocycles. The van der Waals surface area contributed by atoms with Gasteiger partial charge in [0.1, 0.15) is 0 Å². The van der Waals surface area contributed by atoms with Gasteiger partial charge in [0, 0.05) is 0 Å². The van der Waals surface area contributed by atoms with Gasteiger partial charge < -0.3 is 0 Å². The van der Waals surface area contributed by atoms with Gasteiger partial charge in [-0.3, -0.25) is 0 Å². The summed E-state index contributed by atoms with van der Waals surface area (Å²) < 4.78 is 1.33. The first-order chi connectivity index (χ1) is 3.27. The molecule has 0 amide bonds. The van der Waals surface area contributed by atoms with Crippen LogP contribution in [0.2, 0.25) is 4.44 Å². The fourth-order valence-corrected chi connectivity index (χ4v) is 2.71. The minimum absolute atomic E-state index is 0.111. The van der Waals surface area contributed by atoms with Gasteiger partial charge in [-0.25, -0.2) is 0 Å². The van der Waals surface area contributed by atoms with Crippen molar-refractivity contribution in [2.45, 2.75) is 18.3 Å². The van der Waals surface area contributed by atoms with Crippen LogP contribution in [-0.4, -0.2) is 18.9 Å². The molecule has 0 rings (SSSR count). The van der Waals surface area contributed by atoms with E-state index in [1.807, 2.05) is 0 Å². The van der Waals surface area contributed by atoms with Gasteiger partial charge >= 0.3 is 61.6 Å². The Morgan fingerprint density at radius 3 is 2.43 bits per heavy atom. The molecule has 0 unspecified atom stereocenters. The Morgan fingerprint density at radius 2 is 2.29 bits per heavy atom. The quantitative estimate of drug-likeness (QED) is 0.532. The molecule has 0 aromatic heterocycles. The van der Waals surface area contributed by atoms with Crippen molar-refractivity contribution in [3.63, 3.8) is 0 Å². The van der Waals surface area contributed by atoms with Crippen molar-refractivity contribution in [2.24, 2.45) is 0 Å². The van der Waals surface area contributed by atoms with Gasteiger partial charge in [-0.05, 0) is 0 Å². The molecule has 0 atom stereocenters. The summed E-state index contributed by atoms with van der Waals surface area (Å²) in [5, 5.41) is 0. The summed E-state index contributed by atoms with van der Waals surface area (Å²) in [6.07, 6.45) is 2.29. The fraction of sp³-hybridized carbons (Fsp3) is 0.600. The molecular weight excluding hydrogens is 259 g/mol. The molecule has 0 spiro atoms. The zero-order valence-corrected chi connectivity index (χ0v) is 9.10. The third kappa shape index (κ3) is 7.02. The predicted molar refractivity (Wildman–Crippen MR) is 38.9 cm³/mol. The van der Waals surface area contributed by atoms with E-state index in [0.717, 1.165) is 0 Å². The molecular formula is C5H9BrSn. The number of halogens is 1. The van der Waals surface area contributed by atoms with Crippen molar-refractivity contribution < 1.29 is 0 Å². The SMILES string of the molecule is CC(C)=C[CH2][Sn][Br]. The van der Waals surface area contributed by atoms with Crippen molar-refractivity contribution in [3.05, 3.63) is 11.6 Å². The first-order valence-electron chi connectivity index (χ1n) is 2.24. The van der Waals surface area contributed by atoms with E-state index in [4.69, 9.17) is 0 Å². The fourth-order valence-electron chi connectivity index (χ4n) is 0.243. The summed E-state index contributed by atoms with van der Waals surface area (Å²) in [6.45, 7) is 4.28. The molecule has 2 radical (unpaired) electrons. The number of rotatable bonds is 2. The van der Waals surface area contributed by atoms with Crippen molar-refractivity contribution in [1.29, 1.82) is 0 Å². The first kappa shape index (κ1) is 8.02. The van der Waals surface area contributed by atoms with Gasteiger partial charge in [0.15, 0.2) is 0 Å². The molecule has 0 aliphatic heterocycles. The number of allylic oxidation sites excluding steroid dienone is 2. The Bertz CT molecular complexity index is 64.5. The summed E-state index contributed by atoms with van der Waals surface area (Å²) in [5.41, 5.74) is 1.44.